The van der Waals surface area contributed by atoms with Gasteiger partial charge >= 0.3 is 0 Å². The lowest BCUT2D eigenvalue weighted by Crippen LogP contribution is -2.04. The number of hydrogen-bond acceptors (Lipinski definition) is 0. The zero-order valence-electron chi connectivity index (χ0n) is 7.27. The second kappa shape index (κ2) is 5.73. The number of rotatable bonds is 0. The zero-order valence-corrected chi connectivity index (χ0v) is 11.6. The maximum atomic E-state index is 13.3. The summed E-state index contributed by atoms with van der Waals surface area (Å²) < 4.78 is 57.3. The van der Waals surface area contributed by atoms with Crippen molar-refractivity contribution in [3.8, 4) is 19.7 Å². The highest BCUT2D eigenvalue weighted by Gasteiger charge is 2.23. The Morgan fingerprint density at radius 3 is 1.06 bits per heavy atom. The first kappa shape index (κ1) is 13.6. The molecule has 0 atom stereocenters. The third-order valence-electron chi connectivity index (χ3n) is 1.61. The Bertz CT molecular complexity index is 478. The molecule has 0 nitrogen and oxygen atoms in total. The highest BCUT2D eigenvalue weighted by Crippen LogP contribution is 2.23. The van der Waals surface area contributed by atoms with Crippen LogP contribution in [-0.4, -0.2) is 0 Å². The van der Waals surface area contributed by atoms with Crippen LogP contribution in [0.3, 0.4) is 0 Å². The molecule has 82 valence electrons. The van der Waals surface area contributed by atoms with Crippen molar-refractivity contribution in [1.82, 2.24) is 0 Å². The molecule has 0 aliphatic rings. The van der Waals surface area contributed by atoms with E-state index in [9.17, 15) is 17.6 Å². The van der Waals surface area contributed by atoms with E-state index in [2.05, 4.69) is 7.85 Å². The fourth-order valence-corrected chi connectivity index (χ4v) is 1.49. The van der Waals surface area contributed by atoms with Crippen LogP contribution in [0.1, 0.15) is 11.1 Å². The van der Waals surface area contributed by atoms with Crippen molar-refractivity contribution in [2.24, 2.45) is 0 Å². The highest BCUT2D eigenvalue weighted by molar-refractivity contribution is 14.1. The Morgan fingerprint density at radius 1 is 0.625 bits per heavy atom. The molecule has 0 radical (unpaired) electrons. The van der Waals surface area contributed by atoms with E-state index >= 15 is 0 Å². The third-order valence-corrected chi connectivity index (χ3v) is 2.15. The van der Waals surface area contributed by atoms with Crippen molar-refractivity contribution in [2.45, 2.75) is 0 Å². The van der Waals surface area contributed by atoms with Crippen molar-refractivity contribution in [3.63, 3.8) is 0 Å². The molecule has 16 heavy (non-hydrogen) atoms. The Kier molecular flexibility index (Phi) is 4.87. The normalized spacial score (nSPS) is 8.88. The number of hydrogen-bond donors (Lipinski definition) is 0. The minimum absolute atomic E-state index is 0.927. The molecular weight excluding hydrogens is 450 g/mol. The van der Waals surface area contributed by atoms with Crippen LogP contribution in [0.25, 0.3) is 0 Å². The lowest BCUT2D eigenvalue weighted by atomic mass is 10.1. The van der Waals surface area contributed by atoms with Gasteiger partial charge in [0.15, 0.2) is 23.3 Å². The summed E-state index contributed by atoms with van der Waals surface area (Å²) in [5.41, 5.74) is -1.85. The lowest BCUT2D eigenvalue weighted by molar-refractivity contribution is 0.447. The minimum atomic E-state index is -1.53. The summed E-state index contributed by atoms with van der Waals surface area (Å²) in [6.45, 7) is 0. The van der Waals surface area contributed by atoms with Crippen LogP contribution in [0.4, 0.5) is 17.6 Å². The van der Waals surface area contributed by atoms with Crippen LogP contribution < -0.4 is 0 Å². The average molecular weight is 450 g/mol. The van der Waals surface area contributed by atoms with E-state index in [4.69, 9.17) is 0 Å². The molecular formula is C10F4I2. The van der Waals surface area contributed by atoms with E-state index in [1.54, 1.807) is 0 Å². The van der Waals surface area contributed by atoms with Crippen LogP contribution in [0.15, 0.2) is 0 Å². The van der Waals surface area contributed by atoms with Crippen LogP contribution in [-0.2, 0) is 0 Å². The first-order valence-electron chi connectivity index (χ1n) is 3.63. The van der Waals surface area contributed by atoms with Crippen LogP contribution >= 0.6 is 45.2 Å². The average Bonchev–Trinajstić information content (AvgIpc) is 2.28. The maximum absolute atomic E-state index is 13.3. The Morgan fingerprint density at radius 2 is 0.875 bits per heavy atom. The summed E-state index contributed by atoms with van der Waals surface area (Å²) in [7, 11) is 0. The van der Waals surface area contributed by atoms with Gasteiger partial charge in [-0.05, 0) is 19.7 Å². The molecule has 0 unspecified atom stereocenters. The van der Waals surface area contributed by atoms with Crippen molar-refractivity contribution >= 4 is 45.2 Å². The van der Waals surface area contributed by atoms with Gasteiger partial charge in [0.25, 0.3) is 0 Å². The summed E-state index contributed by atoms with van der Waals surface area (Å²) >= 11 is 3.01. The molecule has 0 N–H and O–H groups in total. The summed E-state index contributed by atoms with van der Waals surface area (Å²) in [6, 6.07) is 0. The molecule has 0 amide bonds. The second-order valence-corrected chi connectivity index (χ2v) is 3.52. The molecule has 1 aromatic carbocycles. The van der Waals surface area contributed by atoms with E-state index in [0.717, 1.165) is 0 Å². The second-order valence-electron chi connectivity index (χ2n) is 2.44. The van der Waals surface area contributed by atoms with E-state index in [0.29, 0.717) is 0 Å². The summed E-state index contributed by atoms with van der Waals surface area (Å²) in [6.07, 6.45) is 0. The standard InChI is InChI=1S/C10F4I2/c11-7-5(1-3-15)8(12)10(14)6(2-4-16)9(7)13. The molecule has 0 saturated carbocycles. The Hall–Kier alpha value is -0.480. The molecule has 0 aliphatic carbocycles. The fourth-order valence-electron chi connectivity index (χ4n) is 0.946. The smallest absolute Gasteiger partial charge is 0.178 e. The number of halogens is 6. The topological polar surface area (TPSA) is 0 Å². The van der Waals surface area contributed by atoms with Gasteiger partial charge in [0.2, 0.25) is 0 Å². The third kappa shape index (κ3) is 2.43. The highest BCUT2D eigenvalue weighted by atomic mass is 127. The molecule has 0 fully saturated rings. The van der Waals surface area contributed by atoms with Gasteiger partial charge in [0.05, 0.1) is 0 Å². The van der Waals surface area contributed by atoms with E-state index in [1.165, 1.54) is 45.2 Å². The fraction of sp³-hybridized carbons (Fsp3) is 0. The maximum Gasteiger partial charge on any atom is 0.178 e. The van der Waals surface area contributed by atoms with E-state index < -0.39 is 34.4 Å². The van der Waals surface area contributed by atoms with Crippen molar-refractivity contribution < 1.29 is 17.6 Å². The lowest BCUT2D eigenvalue weighted by Gasteiger charge is -2.03. The van der Waals surface area contributed by atoms with Crippen LogP contribution in [0.2, 0.25) is 0 Å². The molecule has 0 spiro atoms. The SMILES string of the molecule is Fc1c(F)c(C#CI)c(F)c(F)c1C#CI. The van der Waals surface area contributed by atoms with Crippen LogP contribution in [0, 0.1) is 43.0 Å². The van der Waals surface area contributed by atoms with Crippen molar-refractivity contribution in [1.29, 1.82) is 0 Å². The molecule has 0 bridgehead atoms. The molecule has 0 heterocycles. The van der Waals surface area contributed by atoms with Crippen molar-refractivity contribution in [3.05, 3.63) is 34.4 Å². The van der Waals surface area contributed by atoms with E-state index in [1.807, 2.05) is 11.8 Å². The van der Waals surface area contributed by atoms with Gasteiger partial charge in [0.1, 0.15) is 11.1 Å². The summed E-state index contributed by atoms with van der Waals surface area (Å²) in [4.78, 5) is 0. The molecule has 6 heteroatoms. The predicted molar refractivity (Wildman–Crippen MR) is 68.1 cm³/mol. The largest absolute Gasteiger partial charge is 0.202 e. The Balaban J connectivity index is 3.71. The van der Waals surface area contributed by atoms with Gasteiger partial charge in [-0.15, -0.1) is 0 Å². The summed E-state index contributed by atoms with van der Waals surface area (Å²) in [5.74, 6) is -2.22. The molecule has 1 aromatic rings. The van der Waals surface area contributed by atoms with Crippen LogP contribution in [0.5, 0.6) is 0 Å². The van der Waals surface area contributed by atoms with Gasteiger partial charge in [0, 0.05) is 45.2 Å². The first-order chi connectivity index (χ1) is 7.54. The quantitative estimate of drug-likeness (QED) is 0.245. The summed E-state index contributed by atoms with van der Waals surface area (Å²) in [5, 5.41) is 0. The van der Waals surface area contributed by atoms with Gasteiger partial charge in [-0.3, -0.25) is 0 Å². The van der Waals surface area contributed by atoms with E-state index in [-0.39, 0.29) is 0 Å². The monoisotopic (exact) mass is 450 g/mol. The zero-order chi connectivity index (χ0) is 12.3. The number of benzene rings is 1. The molecule has 0 aliphatic heterocycles. The van der Waals surface area contributed by atoms with Crippen molar-refractivity contribution in [2.75, 3.05) is 0 Å². The van der Waals surface area contributed by atoms with Gasteiger partial charge in [-0.25, -0.2) is 17.6 Å². The van der Waals surface area contributed by atoms with Gasteiger partial charge in [-0.2, -0.15) is 0 Å². The minimum Gasteiger partial charge on any atom is -0.202 e. The first-order valence-corrected chi connectivity index (χ1v) is 5.79. The molecule has 0 aromatic heterocycles. The predicted octanol–water partition coefficient (Wildman–Crippen LogP) is 3.73. The molecule has 0 saturated heterocycles. The van der Waals surface area contributed by atoms with Gasteiger partial charge in [-0.1, -0.05) is 0 Å². The van der Waals surface area contributed by atoms with Gasteiger partial charge < -0.3 is 0 Å². The molecule has 1 rings (SSSR count). The Labute approximate surface area is 116 Å².